The Kier molecular flexibility index (Phi) is 5.70. The van der Waals surface area contributed by atoms with Gasteiger partial charge in [-0.2, -0.15) is 0 Å². The Bertz CT molecular complexity index is 343. The van der Waals surface area contributed by atoms with Crippen molar-refractivity contribution in [3.63, 3.8) is 0 Å². The van der Waals surface area contributed by atoms with E-state index in [0.29, 0.717) is 5.56 Å². The first-order valence-electron chi connectivity index (χ1n) is 5.96. The van der Waals surface area contributed by atoms with Crippen LogP contribution in [0.1, 0.15) is 37.0 Å². The number of carbonyl (C=O) groups excluding carboxylic acids is 1. The summed E-state index contributed by atoms with van der Waals surface area (Å²) >= 11 is 0. The van der Waals surface area contributed by atoms with Crippen LogP contribution in [0.25, 0.3) is 0 Å². The van der Waals surface area contributed by atoms with Crippen LogP contribution in [0.15, 0.2) is 24.3 Å². The summed E-state index contributed by atoms with van der Waals surface area (Å²) in [5, 5.41) is 0. The maximum Gasteiger partial charge on any atom is 0.188 e. The number of hydrogen-bond acceptors (Lipinski definition) is 3. The van der Waals surface area contributed by atoms with Crippen LogP contribution in [0.2, 0.25) is 0 Å². The molecule has 0 saturated carbocycles. The van der Waals surface area contributed by atoms with Gasteiger partial charge in [0.25, 0.3) is 0 Å². The van der Waals surface area contributed by atoms with Gasteiger partial charge in [0.15, 0.2) is 5.78 Å². The second-order valence-corrected chi connectivity index (χ2v) is 4.06. The summed E-state index contributed by atoms with van der Waals surface area (Å²) in [5.74, 6) is 0.762. The Labute approximate surface area is 103 Å². The van der Waals surface area contributed by atoms with Gasteiger partial charge in [0.1, 0.15) is 12.4 Å². The van der Waals surface area contributed by atoms with Gasteiger partial charge >= 0.3 is 0 Å². The summed E-state index contributed by atoms with van der Waals surface area (Å²) in [6.45, 7) is 4.24. The van der Waals surface area contributed by atoms with E-state index in [1.165, 1.54) is 0 Å². The molecule has 0 aliphatic carbocycles. The molecule has 0 aliphatic heterocycles. The fourth-order valence-electron chi connectivity index (χ4n) is 1.57. The maximum absolute atomic E-state index is 11.8. The third-order valence-electron chi connectivity index (χ3n) is 2.61. The first-order valence-corrected chi connectivity index (χ1v) is 5.96. The van der Waals surface area contributed by atoms with Crippen molar-refractivity contribution in [1.82, 2.24) is 0 Å². The van der Waals surface area contributed by atoms with Crippen molar-refractivity contribution in [2.75, 3.05) is 13.7 Å². The van der Waals surface area contributed by atoms with Crippen LogP contribution in [0.3, 0.4) is 0 Å². The lowest BCUT2D eigenvalue weighted by molar-refractivity contribution is 0.0490. The molecule has 0 saturated heterocycles. The van der Waals surface area contributed by atoms with Gasteiger partial charge in [-0.1, -0.05) is 13.3 Å². The molecule has 1 aromatic rings. The highest BCUT2D eigenvalue weighted by Gasteiger charge is 2.08. The fourth-order valence-corrected chi connectivity index (χ4v) is 1.57. The monoisotopic (exact) mass is 236 g/mol. The molecule has 1 rings (SSSR count). The van der Waals surface area contributed by atoms with E-state index >= 15 is 0 Å². The van der Waals surface area contributed by atoms with Gasteiger partial charge in [-0.05, 0) is 37.6 Å². The molecule has 0 radical (unpaired) electrons. The molecule has 3 heteroatoms. The number of ketones is 1. The Morgan fingerprint density at radius 3 is 2.47 bits per heavy atom. The summed E-state index contributed by atoms with van der Waals surface area (Å²) in [6, 6.07) is 7.08. The van der Waals surface area contributed by atoms with Gasteiger partial charge in [-0.25, -0.2) is 0 Å². The van der Waals surface area contributed by atoms with E-state index in [2.05, 4.69) is 6.92 Å². The molecule has 0 bridgehead atoms. The summed E-state index contributed by atoms with van der Waals surface area (Å²) in [4.78, 5) is 11.8. The zero-order valence-electron chi connectivity index (χ0n) is 10.7. The van der Waals surface area contributed by atoms with Crippen molar-refractivity contribution in [1.29, 1.82) is 0 Å². The largest absolute Gasteiger partial charge is 0.497 e. The van der Waals surface area contributed by atoms with E-state index in [9.17, 15) is 4.79 Å². The van der Waals surface area contributed by atoms with Crippen LogP contribution in [-0.4, -0.2) is 25.6 Å². The topological polar surface area (TPSA) is 35.5 Å². The van der Waals surface area contributed by atoms with Crippen LogP contribution in [-0.2, 0) is 4.74 Å². The normalized spacial score (nSPS) is 12.2. The fraction of sp³-hybridized carbons (Fsp3) is 0.500. The second kappa shape index (κ2) is 7.07. The second-order valence-electron chi connectivity index (χ2n) is 4.06. The van der Waals surface area contributed by atoms with Gasteiger partial charge in [0, 0.05) is 5.56 Å². The van der Waals surface area contributed by atoms with Crippen LogP contribution in [0.5, 0.6) is 5.75 Å². The molecule has 1 atom stereocenters. The van der Waals surface area contributed by atoms with Crippen LogP contribution >= 0.6 is 0 Å². The van der Waals surface area contributed by atoms with Gasteiger partial charge in [0.05, 0.1) is 13.2 Å². The molecule has 0 heterocycles. The molecule has 0 aliphatic rings. The number of ether oxygens (including phenoxy) is 2. The summed E-state index contributed by atoms with van der Waals surface area (Å²) in [6.07, 6.45) is 2.19. The average molecular weight is 236 g/mol. The zero-order chi connectivity index (χ0) is 12.7. The van der Waals surface area contributed by atoms with Crippen LogP contribution in [0, 0.1) is 0 Å². The smallest absolute Gasteiger partial charge is 0.188 e. The molecule has 0 aromatic heterocycles. The van der Waals surface area contributed by atoms with Crippen molar-refractivity contribution in [3.8, 4) is 5.75 Å². The van der Waals surface area contributed by atoms with E-state index in [1.807, 2.05) is 6.92 Å². The number of methoxy groups -OCH3 is 1. The highest BCUT2D eigenvalue weighted by molar-refractivity contribution is 5.97. The van der Waals surface area contributed by atoms with E-state index in [0.717, 1.165) is 18.6 Å². The molecular formula is C14H20O3. The van der Waals surface area contributed by atoms with Crippen molar-refractivity contribution < 1.29 is 14.3 Å². The van der Waals surface area contributed by atoms with Crippen molar-refractivity contribution >= 4 is 5.78 Å². The summed E-state index contributed by atoms with van der Waals surface area (Å²) < 4.78 is 10.5. The number of hydrogen-bond donors (Lipinski definition) is 0. The molecule has 0 spiro atoms. The molecule has 3 nitrogen and oxygen atoms in total. The number of carbonyl (C=O) groups is 1. The van der Waals surface area contributed by atoms with Gasteiger partial charge in [-0.15, -0.1) is 0 Å². The van der Waals surface area contributed by atoms with Crippen LogP contribution in [0.4, 0.5) is 0 Å². The number of Topliss-reactive ketones (excluding diaryl/α,β-unsaturated/α-hetero) is 1. The third kappa shape index (κ3) is 4.57. The minimum Gasteiger partial charge on any atom is -0.497 e. The minimum atomic E-state index is 0.00982. The molecule has 17 heavy (non-hydrogen) atoms. The van der Waals surface area contributed by atoms with E-state index < -0.39 is 0 Å². The lowest BCUT2D eigenvalue weighted by atomic mass is 10.1. The zero-order valence-corrected chi connectivity index (χ0v) is 10.7. The number of benzene rings is 1. The first-order chi connectivity index (χ1) is 8.17. The Morgan fingerprint density at radius 1 is 1.29 bits per heavy atom. The highest BCUT2D eigenvalue weighted by Crippen LogP contribution is 2.12. The quantitative estimate of drug-likeness (QED) is 0.682. The highest BCUT2D eigenvalue weighted by atomic mass is 16.5. The molecule has 0 N–H and O–H groups in total. The Morgan fingerprint density at radius 2 is 1.94 bits per heavy atom. The predicted molar refractivity (Wildman–Crippen MR) is 67.6 cm³/mol. The lowest BCUT2D eigenvalue weighted by Crippen LogP contribution is -2.15. The Hall–Kier alpha value is -1.35. The number of rotatable bonds is 7. The molecule has 1 unspecified atom stereocenters. The third-order valence-corrected chi connectivity index (χ3v) is 2.61. The lowest BCUT2D eigenvalue weighted by Gasteiger charge is -2.11. The van der Waals surface area contributed by atoms with E-state index in [1.54, 1.807) is 31.4 Å². The molecule has 0 fully saturated rings. The van der Waals surface area contributed by atoms with Crippen molar-refractivity contribution in [2.45, 2.75) is 32.8 Å². The van der Waals surface area contributed by atoms with E-state index in [-0.39, 0.29) is 18.5 Å². The summed E-state index contributed by atoms with van der Waals surface area (Å²) in [5.41, 5.74) is 0.662. The maximum atomic E-state index is 11.8. The predicted octanol–water partition coefficient (Wildman–Crippen LogP) is 3.08. The average Bonchev–Trinajstić information content (AvgIpc) is 2.36. The molecule has 1 aromatic carbocycles. The molecule has 94 valence electrons. The molecule has 0 amide bonds. The SMILES string of the molecule is CCCC(C)OCC(=O)c1ccc(OC)cc1. The van der Waals surface area contributed by atoms with Crippen LogP contribution < -0.4 is 4.74 Å². The van der Waals surface area contributed by atoms with Gasteiger partial charge < -0.3 is 9.47 Å². The Balaban J connectivity index is 2.46. The van der Waals surface area contributed by atoms with Gasteiger partial charge in [-0.3, -0.25) is 4.79 Å². The van der Waals surface area contributed by atoms with Gasteiger partial charge in [0.2, 0.25) is 0 Å². The van der Waals surface area contributed by atoms with Crippen molar-refractivity contribution in [3.05, 3.63) is 29.8 Å². The summed E-state index contributed by atoms with van der Waals surface area (Å²) in [7, 11) is 1.60. The minimum absolute atomic E-state index is 0.00982. The standard InChI is InChI=1S/C14H20O3/c1-4-5-11(2)17-10-14(15)12-6-8-13(16-3)9-7-12/h6-9,11H,4-5,10H2,1-3H3. The van der Waals surface area contributed by atoms with Crippen molar-refractivity contribution in [2.24, 2.45) is 0 Å². The first kappa shape index (κ1) is 13.7. The molecular weight excluding hydrogens is 216 g/mol. The van der Waals surface area contributed by atoms with E-state index in [4.69, 9.17) is 9.47 Å².